The van der Waals surface area contributed by atoms with Gasteiger partial charge in [-0.1, -0.05) is 29.8 Å². The van der Waals surface area contributed by atoms with Crippen LogP contribution in [0.4, 0.5) is 4.39 Å². The number of aryl methyl sites for hydroxylation is 2. The summed E-state index contributed by atoms with van der Waals surface area (Å²) in [4.78, 5) is 2.38. The minimum Gasteiger partial charge on any atom is -0.508 e. The number of phenols is 1. The molecule has 4 heteroatoms. The van der Waals surface area contributed by atoms with Crippen LogP contribution in [-0.2, 0) is 13.1 Å². The molecular formula is C22H23FN2O. The van der Waals surface area contributed by atoms with Crippen molar-refractivity contribution in [2.75, 3.05) is 6.54 Å². The van der Waals surface area contributed by atoms with Crippen LogP contribution in [0.1, 0.15) is 34.8 Å². The molecule has 1 N–H and O–H groups in total. The Kier molecular flexibility index (Phi) is 4.51. The van der Waals surface area contributed by atoms with E-state index in [0.717, 1.165) is 36.2 Å². The molecule has 1 aromatic heterocycles. The van der Waals surface area contributed by atoms with Crippen LogP contribution in [0.3, 0.4) is 0 Å². The summed E-state index contributed by atoms with van der Waals surface area (Å²) in [5, 5.41) is 10.3. The Morgan fingerprint density at radius 3 is 2.69 bits per heavy atom. The first kappa shape index (κ1) is 16.9. The zero-order chi connectivity index (χ0) is 18.1. The number of phenolic OH excluding ortho intramolecular Hbond substituents is 1. The van der Waals surface area contributed by atoms with Crippen LogP contribution in [0, 0.1) is 12.7 Å². The molecule has 26 heavy (non-hydrogen) atoms. The van der Waals surface area contributed by atoms with Crippen LogP contribution in [0.15, 0.2) is 60.8 Å². The number of rotatable bonds is 3. The molecule has 0 saturated carbocycles. The van der Waals surface area contributed by atoms with Gasteiger partial charge in [-0.15, -0.1) is 0 Å². The van der Waals surface area contributed by atoms with Gasteiger partial charge in [-0.25, -0.2) is 4.39 Å². The highest BCUT2D eigenvalue weighted by atomic mass is 19.1. The molecule has 0 fully saturated rings. The average Bonchev–Trinajstić information content (AvgIpc) is 3.01. The average molecular weight is 350 g/mol. The molecule has 1 atom stereocenters. The summed E-state index contributed by atoms with van der Waals surface area (Å²) in [6.07, 6.45) is 3.14. The van der Waals surface area contributed by atoms with Crippen molar-refractivity contribution in [1.82, 2.24) is 9.47 Å². The van der Waals surface area contributed by atoms with E-state index in [0.29, 0.717) is 12.3 Å². The number of benzene rings is 2. The summed E-state index contributed by atoms with van der Waals surface area (Å²) in [6, 6.07) is 16.8. The van der Waals surface area contributed by atoms with Gasteiger partial charge in [0.05, 0.1) is 6.04 Å². The minimum atomic E-state index is -0.222. The predicted octanol–water partition coefficient (Wildman–Crippen LogP) is 4.64. The van der Waals surface area contributed by atoms with Crippen LogP contribution >= 0.6 is 0 Å². The maximum atomic E-state index is 13.5. The zero-order valence-electron chi connectivity index (χ0n) is 14.9. The zero-order valence-corrected chi connectivity index (χ0v) is 14.9. The van der Waals surface area contributed by atoms with Crippen molar-refractivity contribution in [2.24, 2.45) is 0 Å². The monoisotopic (exact) mass is 350 g/mol. The molecule has 0 radical (unpaired) electrons. The summed E-state index contributed by atoms with van der Waals surface area (Å²) in [7, 11) is 0. The fourth-order valence-corrected chi connectivity index (χ4v) is 3.90. The number of fused-ring (bicyclic) bond motifs is 1. The van der Waals surface area contributed by atoms with Gasteiger partial charge in [0.25, 0.3) is 0 Å². The SMILES string of the molecule is Cc1ccc(O)c(CN2CCCn3cccc3[C@H]2c2ccc(F)cc2)c1. The van der Waals surface area contributed by atoms with E-state index in [1.807, 2.05) is 31.2 Å². The summed E-state index contributed by atoms with van der Waals surface area (Å²) >= 11 is 0. The number of hydrogen-bond acceptors (Lipinski definition) is 2. The highest BCUT2D eigenvalue weighted by molar-refractivity contribution is 5.37. The lowest BCUT2D eigenvalue weighted by atomic mass is 10.0. The Balaban J connectivity index is 1.75. The summed E-state index contributed by atoms with van der Waals surface area (Å²) < 4.78 is 15.7. The molecular weight excluding hydrogens is 327 g/mol. The van der Waals surface area contributed by atoms with E-state index < -0.39 is 0 Å². The normalized spacial score (nSPS) is 17.7. The smallest absolute Gasteiger partial charge is 0.123 e. The van der Waals surface area contributed by atoms with E-state index in [9.17, 15) is 9.50 Å². The van der Waals surface area contributed by atoms with Crippen LogP contribution < -0.4 is 0 Å². The number of hydrogen-bond donors (Lipinski definition) is 1. The predicted molar refractivity (Wildman–Crippen MR) is 101 cm³/mol. The van der Waals surface area contributed by atoms with Gasteiger partial charge in [-0.05, 0) is 49.2 Å². The lowest BCUT2D eigenvalue weighted by Crippen LogP contribution is -2.29. The van der Waals surface area contributed by atoms with Crippen molar-refractivity contribution in [3.8, 4) is 5.75 Å². The second-order valence-electron chi connectivity index (χ2n) is 7.04. The van der Waals surface area contributed by atoms with Crippen LogP contribution in [0.2, 0.25) is 0 Å². The van der Waals surface area contributed by atoms with Gasteiger partial charge in [0.15, 0.2) is 0 Å². The molecule has 0 amide bonds. The first-order valence-electron chi connectivity index (χ1n) is 9.05. The molecule has 0 saturated heterocycles. The quantitative estimate of drug-likeness (QED) is 0.746. The Morgan fingerprint density at radius 1 is 1.08 bits per heavy atom. The number of nitrogens with zero attached hydrogens (tertiary/aromatic N) is 2. The molecule has 2 heterocycles. The first-order valence-corrected chi connectivity index (χ1v) is 9.05. The van der Waals surface area contributed by atoms with Crippen molar-refractivity contribution in [3.05, 3.63) is 89.0 Å². The maximum absolute atomic E-state index is 13.5. The van der Waals surface area contributed by atoms with Crippen LogP contribution in [-0.4, -0.2) is 21.1 Å². The van der Waals surface area contributed by atoms with E-state index in [2.05, 4.69) is 27.8 Å². The molecule has 134 valence electrons. The van der Waals surface area contributed by atoms with Gasteiger partial charge in [0.1, 0.15) is 11.6 Å². The van der Waals surface area contributed by atoms with E-state index in [-0.39, 0.29) is 11.9 Å². The molecule has 1 aliphatic heterocycles. The molecule has 4 rings (SSSR count). The van der Waals surface area contributed by atoms with Gasteiger partial charge in [0, 0.05) is 37.1 Å². The third-order valence-electron chi connectivity index (χ3n) is 5.15. The topological polar surface area (TPSA) is 28.4 Å². The fourth-order valence-electron chi connectivity index (χ4n) is 3.90. The second-order valence-corrected chi connectivity index (χ2v) is 7.04. The third-order valence-corrected chi connectivity index (χ3v) is 5.15. The maximum Gasteiger partial charge on any atom is 0.123 e. The molecule has 3 nitrogen and oxygen atoms in total. The Morgan fingerprint density at radius 2 is 1.88 bits per heavy atom. The Hall–Kier alpha value is -2.59. The number of aromatic hydroxyl groups is 1. The number of aromatic nitrogens is 1. The van der Waals surface area contributed by atoms with E-state index >= 15 is 0 Å². The molecule has 0 unspecified atom stereocenters. The number of halogens is 1. The molecule has 0 aliphatic carbocycles. The molecule has 3 aromatic rings. The molecule has 0 bridgehead atoms. The van der Waals surface area contributed by atoms with Gasteiger partial charge >= 0.3 is 0 Å². The third kappa shape index (κ3) is 3.25. The summed E-state index contributed by atoms with van der Waals surface area (Å²) in [5.74, 6) is 0.105. The largest absolute Gasteiger partial charge is 0.508 e. The minimum absolute atomic E-state index is 0.0352. The standard InChI is InChI=1S/C22H23FN2O/c1-16-5-10-21(26)18(14-16)15-25-13-3-12-24-11-2-4-20(24)22(25)17-6-8-19(23)9-7-17/h2,4-11,14,22,26H,3,12-13,15H2,1H3/t22-/m1/s1. The van der Waals surface area contributed by atoms with E-state index in [1.54, 1.807) is 6.07 Å². The van der Waals surface area contributed by atoms with Crippen molar-refractivity contribution < 1.29 is 9.50 Å². The lowest BCUT2D eigenvalue weighted by molar-refractivity contribution is 0.217. The molecule has 1 aliphatic rings. The van der Waals surface area contributed by atoms with E-state index in [1.165, 1.54) is 17.8 Å². The van der Waals surface area contributed by atoms with Crippen LogP contribution in [0.25, 0.3) is 0 Å². The van der Waals surface area contributed by atoms with Crippen LogP contribution in [0.5, 0.6) is 5.75 Å². The molecule has 0 spiro atoms. The van der Waals surface area contributed by atoms with Gasteiger partial charge in [-0.2, -0.15) is 0 Å². The second kappa shape index (κ2) is 6.96. The van der Waals surface area contributed by atoms with Gasteiger partial charge in [-0.3, -0.25) is 4.90 Å². The summed E-state index contributed by atoms with van der Waals surface area (Å²) in [5.41, 5.74) is 4.34. The van der Waals surface area contributed by atoms with Crippen molar-refractivity contribution >= 4 is 0 Å². The van der Waals surface area contributed by atoms with E-state index in [4.69, 9.17) is 0 Å². The molecule has 2 aromatic carbocycles. The summed E-state index contributed by atoms with van der Waals surface area (Å²) in [6.45, 7) is 4.57. The van der Waals surface area contributed by atoms with Crippen molar-refractivity contribution in [1.29, 1.82) is 0 Å². The van der Waals surface area contributed by atoms with Gasteiger partial charge < -0.3 is 9.67 Å². The Bertz CT molecular complexity index is 901. The Labute approximate surface area is 153 Å². The first-order chi connectivity index (χ1) is 12.6. The van der Waals surface area contributed by atoms with Gasteiger partial charge in [0.2, 0.25) is 0 Å². The lowest BCUT2D eigenvalue weighted by Gasteiger charge is -2.31. The van der Waals surface area contributed by atoms with Crippen molar-refractivity contribution in [2.45, 2.75) is 32.5 Å². The fraction of sp³-hybridized carbons (Fsp3) is 0.273. The van der Waals surface area contributed by atoms with Crippen molar-refractivity contribution in [3.63, 3.8) is 0 Å². The highest BCUT2D eigenvalue weighted by Gasteiger charge is 2.27. The highest BCUT2D eigenvalue weighted by Crippen LogP contribution is 2.34.